The van der Waals surface area contributed by atoms with E-state index in [1.54, 1.807) is 50.5 Å². The van der Waals surface area contributed by atoms with Crippen LogP contribution < -0.4 is 19.3 Å². The first-order valence-corrected chi connectivity index (χ1v) is 29.2. The monoisotopic (exact) mass is 1110 g/mol. The van der Waals surface area contributed by atoms with Crippen LogP contribution in [-0.4, -0.2) is 121 Å². The van der Waals surface area contributed by atoms with E-state index in [9.17, 15) is 39.6 Å². The van der Waals surface area contributed by atoms with E-state index >= 15 is 0 Å². The Balaban J connectivity index is 0.000000190. The minimum Gasteiger partial charge on any atom is -0.490 e. The smallest absolute Gasteiger partial charge is 0.340 e. The Hall–Kier alpha value is -5.54. The first kappa shape index (κ1) is 57.2. The van der Waals surface area contributed by atoms with Crippen LogP contribution in [0.3, 0.4) is 0 Å². The number of ether oxygens (including phenoxy) is 2. The minimum absolute atomic E-state index is 0.197. The zero-order chi connectivity index (χ0) is 55.2. The van der Waals surface area contributed by atoms with E-state index in [0.29, 0.717) is 37.8 Å². The zero-order valence-electron chi connectivity index (χ0n) is 45.5. The molecule has 0 aromatic heterocycles. The molecule has 14 nitrogen and oxygen atoms in total. The molecule has 0 saturated heterocycles. The van der Waals surface area contributed by atoms with Gasteiger partial charge in [-0.05, 0) is 146 Å². The second-order valence-electron chi connectivity index (χ2n) is 23.2. The Morgan fingerprint density at radius 1 is 0.500 bits per heavy atom. The fourth-order valence-corrected chi connectivity index (χ4v) is 13.5. The number of halogens is 2. The quantitative estimate of drug-likeness (QED) is 0.149. The summed E-state index contributed by atoms with van der Waals surface area (Å²) < 4.78 is 13.0. The van der Waals surface area contributed by atoms with Crippen molar-refractivity contribution in [2.24, 2.45) is 0 Å². The largest absolute Gasteiger partial charge is 0.490 e. The molecule has 0 saturated carbocycles. The van der Waals surface area contributed by atoms with Crippen molar-refractivity contribution in [2.75, 3.05) is 76.4 Å². The third kappa shape index (κ3) is 12.3. The summed E-state index contributed by atoms with van der Waals surface area (Å²) in [6.07, 6.45) is 17.4. The summed E-state index contributed by atoms with van der Waals surface area (Å²) in [5.41, 5.74) is 1.91. The van der Waals surface area contributed by atoms with Crippen LogP contribution in [0.4, 0.5) is 11.4 Å². The van der Waals surface area contributed by atoms with Gasteiger partial charge in [0.05, 0.1) is 37.4 Å². The molecule has 4 atom stereocenters. The summed E-state index contributed by atoms with van der Waals surface area (Å²) in [4.78, 5) is 58.5. The molecule has 16 heteroatoms. The average molecular weight is 1110 g/mol. The highest BCUT2D eigenvalue weighted by atomic mass is 35.5. The lowest BCUT2D eigenvalue weighted by Crippen LogP contribution is -2.46. The lowest BCUT2D eigenvalue weighted by Gasteiger charge is -2.41. The normalized spacial score (nSPS) is 26.5. The van der Waals surface area contributed by atoms with Crippen LogP contribution in [0.1, 0.15) is 149 Å². The van der Waals surface area contributed by atoms with Crippen molar-refractivity contribution in [3.63, 3.8) is 0 Å². The Bertz CT molecular complexity index is 2660. The molecule has 0 fully saturated rings. The summed E-state index contributed by atoms with van der Waals surface area (Å²) in [5.74, 6) is -2.28. The number of hydrogen-bond donors (Lipinski definition) is 4. The first-order chi connectivity index (χ1) is 37.4. The molecular weight excluding hydrogens is 1030 g/mol. The maximum Gasteiger partial charge on any atom is 0.340 e. The summed E-state index contributed by atoms with van der Waals surface area (Å²) in [6, 6.07) is 22.5. The van der Waals surface area contributed by atoms with Crippen molar-refractivity contribution in [3.05, 3.63) is 116 Å². The van der Waals surface area contributed by atoms with Gasteiger partial charge in [-0.1, -0.05) is 98.8 Å². The van der Waals surface area contributed by atoms with E-state index < -0.39 is 36.0 Å². The molecule has 4 aromatic rings. The van der Waals surface area contributed by atoms with Gasteiger partial charge >= 0.3 is 11.9 Å². The molecule has 2 aliphatic carbocycles. The third-order valence-corrected chi connectivity index (χ3v) is 18.2. The van der Waals surface area contributed by atoms with E-state index in [1.807, 2.05) is 12.1 Å². The van der Waals surface area contributed by atoms with E-state index in [-0.39, 0.29) is 33.8 Å². The van der Waals surface area contributed by atoms with Crippen LogP contribution in [0.15, 0.2) is 72.8 Å². The topological polar surface area (TPSA) is 181 Å². The van der Waals surface area contributed by atoms with Gasteiger partial charge in [-0.15, -0.1) is 0 Å². The molecule has 4 aliphatic heterocycles. The number of rotatable bonds is 2. The van der Waals surface area contributed by atoms with Crippen molar-refractivity contribution in [1.29, 1.82) is 0 Å². The molecule has 78 heavy (non-hydrogen) atoms. The van der Waals surface area contributed by atoms with Gasteiger partial charge in [-0.2, -0.15) is 0 Å². The number of nitrogens with zero attached hydrogens (tertiary/aromatic N) is 4. The van der Waals surface area contributed by atoms with Crippen molar-refractivity contribution >= 4 is 58.3 Å². The maximum atomic E-state index is 13.0. The molecule has 0 unspecified atom stereocenters. The Labute approximate surface area is 469 Å². The standard InChI is InChI=1S/2C31H39ClN2O5/c2*1-33-15-6-4-2-3-5-7-16-34-20-30(14-8-9-22-17-24(32)11-12-25(22)30)21-39-27-13-10-23(18-26(27)34)31(38,29(36)37)19-28(33)35/h2*10-13,17-18,38H,2-9,14-16,19-21H2,1H3,(H,36,37)/t30-,31+;30-,31-/m00/s1. The SMILES string of the molecule is CN1CCCCCCCCN2C[C@@]3(CCCc4cc(Cl)ccc43)COc3ccc(cc32)[C@@](O)(C(=O)O)CC1=O.CN1CCCCCCCCN2C[C@@]3(CCCc4cc(Cl)ccc43)COc3ccc(cc32)[C@](O)(C(=O)O)CC1=O. The number of fused-ring (bicyclic) bond motifs is 6. The second-order valence-corrected chi connectivity index (χ2v) is 24.1. The van der Waals surface area contributed by atoms with E-state index in [4.69, 9.17) is 32.7 Å². The first-order valence-electron chi connectivity index (χ1n) is 28.5. The van der Waals surface area contributed by atoms with Crippen LogP contribution in [0, 0.1) is 0 Å². The number of aryl methyl sites for hydroxylation is 2. The van der Waals surface area contributed by atoms with Gasteiger partial charge in [0, 0.05) is 74.2 Å². The van der Waals surface area contributed by atoms with Crippen LogP contribution in [-0.2, 0) is 54.1 Å². The van der Waals surface area contributed by atoms with Gasteiger partial charge in [0.1, 0.15) is 11.5 Å². The Kier molecular flexibility index (Phi) is 17.9. The van der Waals surface area contributed by atoms with E-state index in [2.05, 4.69) is 34.1 Å². The highest BCUT2D eigenvalue weighted by Gasteiger charge is 2.47. The number of amides is 2. The summed E-state index contributed by atoms with van der Waals surface area (Å²) in [5, 5.41) is 44.6. The number of hydrogen-bond acceptors (Lipinski definition) is 10. The van der Waals surface area contributed by atoms with Gasteiger partial charge in [0.15, 0.2) is 11.2 Å². The van der Waals surface area contributed by atoms with Crippen molar-refractivity contribution in [2.45, 2.75) is 150 Å². The highest BCUT2D eigenvalue weighted by molar-refractivity contribution is 6.31. The fraction of sp³-hybridized carbons (Fsp3) is 0.548. The molecule has 2 amide bonds. The second kappa shape index (κ2) is 24.4. The van der Waals surface area contributed by atoms with Crippen LogP contribution in [0.5, 0.6) is 11.5 Å². The molecule has 0 radical (unpaired) electrons. The Morgan fingerprint density at radius 2 is 0.872 bits per heavy atom. The van der Waals surface area contributed by atoms with Gasteiger partial charge in [-0.3, -0.25) is 9.59 Å². The number of benzene rings is 4. The van der Waals surface area contributed by atoms with Crippen molar-refractivity contribution < 1.29 is 49.1 Å². The number of carbonyl (C=O) groups excluding carboxylic acids is 2. The van der Waals surface area contributed by atoms with Gasteiger partial charge in [0.25, 0.3) is 0 Å². The molecule has 4 bridgehead atoms. The van der Waals surface area contributed by atoms with Crippen molar-refractivity contribution in [3.8, 4) is 11.5 Å². The van der Waals surface area contributed by atoms with Crippen molar-refractivity contribution in [1.82, 2.24) is 9.80 Å². The molecule has 420 valence electrons. The molecular formula is C62H78Cl2N4O10. The third-order valence-electron chi connectivity index (χ3n) is 17.7. The van der Waals surface area contributed by atoms with Gasteiger partial charge < -0.3 is 49.5 Å². The van der Waals surface area contributed by atoms with Crippen LogP contribution in [0.25, 0.3) is 0 Å². The lowest BCUT2D eigenvalue weighted by molar-refractivity contribution is -0.164. The predicted molar refractivity (Wildman–Crippen MR) is 303 cm³/mol. The zero-order valence-corrected chi connectivity index (χ0v) is 47.0. The summed E-state index contributed by atoms with van der Waals surface area (Å²) in [7, 11) is 3.35. The van der Waals surface area contributed by atoms with E-state index in [0.717, 1.165) is 163 Å². The van der Waals surface area contributed by atoms with Gasteiger partial charge in [-0.25, -0.2) is 9.59 Å². The van der Waals surface area contributed by atoms with Gasteiger partial charge in [0.2, 0.25) is 11.8 Å². The number of aliphatic hydroxyl groups is 2. The van der Waals surface area contributed by atoms with E-state index in [1.165, 1.54) is 32.1 Å². The number of aliphatic carboxylic acids is 2. The number of anilines is 2. The highest BCUT2D eigenvalue weighted by Crippen LogP contribution is 2.48. The Morgan fingerprint density at radius 3 is 1.26 bits per heavy atom. The average Bonchev–Trinajstić information content (AvgIpc) is 3.77. The predicted octanol–water partition coefficient (Wildman–Crippen LogP) is 10.6. The lowest BCUT2D eigenvalue weighted by atomic mass is 9.70. The summed E-state index contributed by atoms with van der Waals surface area (Å²) in [6.45, 7) is 5.18. The van der Waals surface area contributed by atoms with Crippen LogP contribution in [0.2, 0.25) is 10.0 Å². The summed E-state index contributed by atoms with van der Waals surface area (Å²) >= 11 is 12.7. The molecule has 2 spiro atoms. The molecule has 4 heterocycles. The van der Waals surface area contributed by atoms with Crippen LogP contribution >= 0.6 is 23.2 Å². The number of carboxylic acids is 2. The maximum absolute atomic E-state index is 13.0. The minimum atomic E-state index is -2.33. The number of carboxylic acid groups (broad SMARTS) is 2. The molecule has 6 aliphatic rings. The molecule has 4 aromatic carbocycles. The number of carbonyl (C=O) groups is 4. The molecule has 10 rings (SSSR count). The molecule has 4 N–H and O–H groups in total. The fourth-order valence-electron chi connectivity index (χ4n) is 13.1.